The normalized spacial score (nSPS) is 61.3. The van der Waals surface area contributed by atoms with Crippen LogP contribution in [0.2, 0.25) is 0 Å². The summed E-state index contributed by atoms with van der Waals surface area (Å²) in [5, 5.41) is 57.4. The fourth-order valence-corrected chi connectivity index (χ4v) is 10.6. The highest BCUT2D eigenvalue weighted by Gasteiger charge is 2.78. The minimum atomic E-state index is -1.35. The van der Waals surface area contributed by atoms with Crippen LogP contribution in [0.1, 0.15) is 86.0 Å². The highest BCUT2D eigenvalue weighted by Crippen LogP contribution is 2.72. The largest absolute Gasteiger partial charge is 0.390 e. The van der Waals surface area contributed by atoms with Gasteiger partial charge in [0.05, 0.1) is 35.6 Å². The first-order chi connectivity index (χ1) is 17.1. The number of carbonyl (C=O) groups is 1. The van der Waals surface area contributed by atoms with E-state index in [1.807, 2.05) is 27.7 Å². The molecule has 0 amide bonds. The molecule has 5 N–H and O–H groups in total. The highest BCUT2D eigenvalue weighted by molar-refractivity contribution is 5.95. The smallest absolute Gasteiger partial charge is 0.159 e. The van der Waals surface area contributed by atoms with Crippen LogP contribution < -0.4 is 0 Å². The van der Waals surface area contributed by atoms with Crippen molar-refractivity contribution < 1.29 is 35.1 Å². The number of carbonyl (C=O) groups excluding carboxylic acids is 1. The van der Waals surface area contributed by atoms with Crippen LogP contribution in [0.5, 0.6) is 0 Å². The first-order valence-corrected chi connectivity index (χ1v) is 14.6. The fraction of sp³-hybridized carbons (Fsp3) is 0.900. The molecule has 6 rings (SSSR count). The summed E-state index contributed by atoms with van der Waals surface area (Å²) in [6.45, 7) is 10.1. The molecule has 14 atom stereocenters. The maximum absolute atomic E-state index is 13.4. The van der Waals surface area contributed by atoms with Crippen LogP contribution in [-0.4, -0.2) is 72.5 Å². The number of hydrogen-bond donors (Lipinski definition) is 5. The molecule has 4 saturated carbocycles. The van der Waals surface area contributed by atoms with E-state index in [1.165, 1.54) is 0 Å². The molecule has 5 fully saturated rings. The Morgan fingerprint density at radius 1 is 0.946 bits per heavy atom. The lowest BCUT2D eigenvalue weighted by Crippen LogP contribution is -2.66. The molecule has 0 aromatic rings. The van der Waals surface area contributed by atoms with Gasteiger partial charge in [-0.05, 0) is 73.8 Å². The molecule has 208 valence electrons. The number of aliphatic hydroxyl groups excluding tert-OH is 3. The number of fused-ring (bicyclic) bond motifs is 7. The van der Waals surface area contributed by atoms with Crippen molar-refractivity contribution in [3.05, 3.63) is 11.6 Å². The van der Waals surface area contributed by atoms with E-state index < -0.39 is 52.0 Å². The quantitative estimate of drug-likeness (QED) is 0.333. The maximum Gasteiger partial charge on any atom is 0.159 e. The monoisotopic (exact) mass is 518 g/mol. The Hall–Kier alpha value is -0.830. The Kier molecular flexibility index (Phi) is 5.62. The number of aliphatic hydroxyl groups is 5. The third-order valence-corrected chi connectivity index (χ3v) is 13.0. The minimum Gasteiger partial charge on any atom is -0.390 e. The molecule has 0 radical (unpaired) electrons. The van der Waals surface area contributed by atoms with Gasteiger partial charge >= 0.3 is 0 Å². The fourth-order valence-electron chi connectivity index (χ4n) is 10.6. The highest BCUT2D eigenvalue weighted by atomic mass is 16.6. The molecule has 7 nitrogen and oxygen atoms in total. The van der Waals surface area contributed by atoms with Crippen molar-refractivity contribution in [3.8, 4) is 0 Å². The number of ether oxygens (including phenoxy) is 1. The van der Waals surface area contributed by atoms with Gasteiger partial charge in [-0.1, -0.05) is 40.5 Å². The van der Waals surface area contributed by atoms with Gasteiger partial charge in [0, 0.05) is 23.7 Å². The average molecular weight is 519 g/mol. The summed E-state index contributed by atoms with van der Waals surface area (Å²) in [6, 6.07) is 0. The zero-order valence-electron chi connectivity index (χ0n) is 23.0. The Morgan fingerprint density at radius 3 is 2.35 bits per heavy atom. The molecule has 6 aliphatic rings. The number of ketones is 1. The van der Waals surface area contributed by atoms with Crippen LogP contribution in [0, 0.1) is 40.4 Å². The first-order valence-electron chi connectivity index (χ1n) is 14.6. The third kappa shape index (κ3) is 3.02. The zero-order chi connectivity index (χ0) is 26.9. The van der Waals surface area contributed by atoms with Crippen LogP contribution >= 0.6 is 0 Å². The molecule has 37 heavy (non-hydrogen) atoms. The van der Waals surface area contributed by atoms with Crippen molar-refractivity contribution in [1.29, 1.82) is 0 Å². The molecule has 0 bridgehead atoms. The lowest BCUT2D eigenvalue weighted by Gasteiger charge is -2.61. The van der Waals surface area contributed by atoms with Crippen LogP contribution in [0.3, 0.4) is 0 Å². The number of allylic oxidation sites excluding steroid dienone is 1. The van der Waals surface area contributed by atoms with E-state index >= 15 is 0 Å². The molecule has 1 spiro atoms. The van der Waals surface area contributed by atoms with E-state index in [9.17, 15) is 30.3 Å². The van der Waals surface area contributed by atoms with Crippen molar-refractivity contribution in [2.24, 2.45) is 40.4 Å². The third-order valence-electron chi connectivity index (χ3n) is 13.0. The molecule has 1 heterocycles. The molecule has 1 saturated heterocycles. The summed E-state index contributed by atoms with van der Waals surface area (Å²) < 4.78 is 6.79. The van der Waals surface area contributed by atoms with Crippen LogP contribution in [0.25, 0.3) is 0 Å². The summed E-state index contributed by atoms with van der Waals surface area (Å²) >= 11 is 0. The second-order valence-electron chi connectivity index (χ2n) is 14.6. The van der Waals surface area contributed by atoms with Gasteiger partial charge in [-0.3, -0.25) is 4.79 Å². The molecular weight excluding hydrogens is 472 g/mol. The van der Waals surface area contributed by atoms with E-state index in [4.69, 9.17) is 4.74 Å². The van der Waals surface area contributed by atoms with Gasteiger partial charge in [0.25, 0.3) is 0 Å². The van der Waals surface area contributed by atoms with Crippen molar-refractivity contribution in [2.45, 2.75) is 127 Å². The van der Waals surface area contributed by atoms with Gasteiger partial charge in [0.1, 0.15) is 5.60 Å². The number of rotatable bonds is 0. The second-order valence-corrected chi connectivity index (χ2v) is 14.6. The molecule has 7 heteroatoms. The standard InChI is InChI=1S/C30H46O7/c1-15-7-6-9-30(25(34)16(15)2)28(5,35)24-23(37-30)14-29(36)18-11-20(31)19-12-21(32)22(33)13-26(19,3)17(18)8-10-27(24,29)4/h11,15-17,19,21-25,32-36H,6-10,12-14H2,1-5H3/t15-,16+,17+,19+,21-,22+,23+,24+,25+,26-,27-,28-,29-,30+/m1/s1. The van der Waals surface area contributed by atoms with Gasteiger partial charge in [0.2, 0.25) is 0 Å². The predicted molar refractivity (Wildman–Crippen MR) is 136 cm³/mol. The lowest BCUT2D eigenvalue weighted by molar-refractivity contribution is -0.222. The van der Waals surface area contributed by atoms with Gasteiger partial charge in [-0.25, -0.2) is 0 Å². The molecule has 0 unspecified atom stereocenters. The van der Waals surface area contributed by atoms with E-state index in [1.54, 1.807) is 6.08 Å². The predicted octanol–water partition coefficient (Wildman–Crippen LogP) is 2.51. The summed E-state index contributed by atoms with van der Waals surface area (Å²) in [4.78, 5) is 13.4. The number of hydrogen-bond acceptors (Lipinski definition) is 7. The zero-order valence-corrected chi connectivity index (χ0v) is 23.0. The molecule has 0 aromatic carbocycles. The Labute approximate surface area is 220 Å². The van der Waals surface area contributed by atoms with Crippen molar-refractivity contribution in [3.63, 3.8) is 0 Å². The van der Waals surface area contributed by atoms with Crippen LogP contribution in [0.4, 0.5) is 0 Å². The van der Waals surface area contributed by atoms with E-state index in [-0.39, 0.29) is 42.3 Å². The topological polar surface area (TPSA) is 127 Å². The van der Waals surface area contributed by atoms with E-state index in [2.05, 4.69) is 6.92 Å². The van der Waals surface area contributed by atoms with E-state index in [0.29, 0.717) is 25.2 Å². The summed E-state index contributed by atoms with van der Waals surface area (Å²) in [6.07, 6.45) is 3.28. The van der Waals surface area contributed by atoms with Gasteiger partial charge in [-0.2, -0.15) is 0 Å². The summed E-state index contributed by atoms with van der Waals surface area (Å²) in [5.41, 5.74) is -4.30. The summed E-state index contributed by atoms with van der Waals surface area (Å²) in [5.74, 6) is -0.618. The maximum atomic E-state index is 13.4. The average Bonchev–Trinajstić information content (AvgIpc) is 3.14. The van der Waals surface area contributed by atoms with Crippen LogP contribution in [-0.2, 0) is 9.53 Å². The lowest BCUT2D eigenvalue weighted by atomic mass is 9.45. The SMILES string of the molecule is C[C@H]1[C@H](C)CCC[C@]2(O[C@H]3C[C@@]4(O)C5=CC(=O)[C@@H]6C[C@@H](O)[C@@H](O)C[C@]6(C)[C@H]5CC[C@]4(C)[C@H]3[C@@]2(C)O)[C@H]1O. The first kappa shape index (κ1) is 26.4. The molecule has 5 aliphatic carbocycles. The van der Waals surface area contributed by atoms with Gasteiger partial charge < -0.3 is 30.3 Å². The minimum absolute atomic E-state index is 0.0149. The Morgan fingerprint density at radius 2 is 1.65 bits per heavy atom. The van der Waals surface area contributed by atoms with Gasteiger partial charge in [0.15, 0.2) is 5.78 Å². The van der Waals surface area contributed by atoms with Crippen LogP contribution in [0.15, 0.2) is 11.6 Å². The van der Waals surface area contributed by atoms with Gasteiger partial charge in [-0.15, -0.1) is 0 Å². The van der Waals surface area contributed by atoms with Crippen molar-refractivity contribution >= 4 is 5.78 Å². The van der Waals surface area contributed by atoms with Crippen molar-refractivity contribution in [1.82, 2.24) is 0 Å². The van der Waals surface area contributed by atoms with Crippen molar-refractivity contribution in [2.75, 3.05) is 0 Å². The second kappa shape index (κ2) is 7.88. The molecule has 1 aliphatic heterocycles. The Balaban J connectivity index is 1.41. The molecule has 0 aromatic heterocycles. The van der Waals surface area contributed by atoms with E-state index in [0.717, 1.165) is 24.8 Å². The summed E-state index contributed by atoms with van der Waals surface area (Å²) in [7, 11) is 0. The molecular formula is C30H46O7. The Bertz CT molecular complexity index is 1020.